The topological polar surface area (TPSA) is 142 Å². The van der Waals surface area contributed by atoms with Crippen LogP contribution in [-0.2, 0) is 20.9 Å². The maximum atomic E-state index is 13.0. The molecular weight excluding hydrogens is 590 g/mol. The molecule has 0 aliphatic carbocycles. The average molecular weight is 610 g/mol. The number of benzene rings is 1. The summed E-state index contributed by atoms with van der Waals surface area (Å²) in [6, 6.07) is 13.3. The van der Waals surface area contributed by atoms with Crippen molar-refractivity contribution in [1.29, 1.82) is 0 Å². The van der Waals surface area contributed by atoms with Crippen molar-refractivity contribution in [1.82, 2.24) is 15.1 Å². The molecule has 4 heterocycles. The summed E-state index contributed by atoms with van der Waals surface area (Å²) in [5.41, 5.74) is 2.44. The SMILES string of the molecule is O=C([O-])CSc1nnc(SCC2=C(C(=O)[O-])N3C(=O)[C@@H](Nc4cc[n+](Cc5ccccc5)cc4)[C@H]3SC2)s1.[Na+]. The van der Waals surface area contributed by atoms with Gasteiger partial charge >= 0.3 is 29.6 Å². The van der Waals surface area contributed by atoms with Crippen LogP contribution in [0.25, 0.3) is 0 Å². The molecule has 196 valence electrons. The van der Waals surface area contributed by atoms with Gasteiger partial charge in [0.25, 0.3) is 5.91 Å². The van der Waals surface area contributed by atoms with Crippen molar-refractivity contribution in [3.8, 4) is 0 Å². The third-order valence-electron chi connectivity index (χ3n) is 5.73. The second kappa shape index (κ2) is 13.5. The van der Waals surface area contributed by atoms with Crippen molar-refractivity contribution in [2.45, 2.75) is 26.6 Å². The van der Waals surface area contributed by atoms with Gasteiger partial charge in [-0.1, -0.05) is 65.2 Å². The zero-order valence-electron chi connectivity index (χ0n) is 20.6. The van der Waals surface area contributed by atoms with Gasteiger partial charge in [0, 0.05) is 40.6 Å². The largest absolute Gasteiger partial charge is 1.00 e. The molecule has 0 radical (unpaired) electrons. The summed E-state index contributed by atoms with van der Waals surface area (Å²) in [7, 11) is 0. The molecule has 2 aliphatic heterocycles. The number of amides is 1. The summed E-state index contributed by atoms with van der Waals surface area (Å²) in [5, 5.41) is 33.5. The van der Waals surface area contributed by atoms with Crippen molar-refractivity contribution in [2.75, 3.05) is 22.6 Å². The molecule has 1 aromatic carbocycles. The van der Waals surface area contributed by atoms with Gasteiger partial charge in [-0.3, -0.25) is 9.69 Å². The molecule has 1 fully saturated rings. The van der Waals surface area contributed by atoms with Crippen molar-refractivity contribution < 1.29 is 58.7 Å². The standard InChI is InChI=1S/C24H21N5O5S4.Na/c30-17(31)13-37-24-27-26-23(38-24)36-12-15-11-35-21-18(20(32)29(21)19(15)22(33)34)25-16-6-8-28(9-7-16)10-14-4-2-1-3-5-14;/h1-9,18,21H,10-13H2,(H2,30,31,33,34);/q;+1/p-1/t18-,21-;/m1./s1. The van der Waals surface area contributed by atoms with Crippen LogP contribution < -0.4 is 49.7 Å². The molecule has 0 saturated carbocycles. The van der Waals surface area contributed by atoms with Crippen LogP contribution in [0.5, 0.6) is 0 Å². The van der Waals surface area contributed by atoms with Crippen LogP contribution in [-0.4, -0.2) is 61.6 Å². The third kappa shape index (κ3) is 7.17. The molecule has 15 heteroatoms. The van der Waals surface area contributed by atoms with E-state index in [1.165, 1.54) is 45.3 Å². The average Bonchev–Trinajstić information content (AvgIpc) is 3.38. The number of carbonyl (C=O) groups is 3. The Labute approximate surface area is 263 Å². The monoisotopic (exact) mass is 609 g/mol. The second-order valence-corrected chi connectivity index (χ2v) is 12.8. The van der Waals surface area contributed by atoms with Gasteiger partial charge in [-0.2, -0.15) is 0 Å². The van der Waals surface area contributed by atoms with E-state index in [1.54, 1.807) is 0 Å². The minimum Gasteiger partial charge on any atom is -0.549 e. The van der Waals surface area contributed by atoms with Gasteiger partial charge in [0.2, 0.25) is 0 Å². The van der Waals surface area contributed by atoms with E-state index in [1.807, 2.05) is 47.3 Å². The van der Waals surface area contributed by atoms with E-state index in [0.717, 1.165) is 24.0 Å². The fourth-order valence-corrected chi connectivity index (χ4v) is 8.22. The van der Waals surface area contributed by atoms with Crippen LogP contribution in [0.2, 0.25) is 0 Å². The normalized spacial score (nSPS) is 18.2. The van der Waals surface area contributed by atoms with Gasteiger partial charge in [-0.15, -0.1) is 22.0 Å². The molecule has 2 aliphatic rings. The fourth-order valence-electron chi connectivity index (χ4n) is 4.00. The molecule has 3 aromatic rings. The van der Waals surface area contributed by atoms with Crippen LogP contribution in [0.15, 0.2) is 74.8 Å². The predicted octanol–water partition coefficient (Wildman–Crippen LogP) is -2.79. The Kier molecular flexibility index (Phi) is 10.4. The minimum absolute atomic E-state index is 0. The van der Waals surface area contributed by atoms with Gasteiger partial charge in [-0.05, 0) is 5.57 Å². The summed E-state index contributed by atoms with van der Waals surface area (Å²) < 4.78 is 3.10. The van der Waals surface area contributed by atoms with Gasteiger partial charge in [0.1, 0.15) is 11.4 Å². The first kappa shape index (κ1) is 29.9. The molecule has 10 nitrogen and oxygen atoms in total. The minimum atomic E-state index is -1.39. The summed E-state index contributed by atoms with van der Waals surface area (Å²) in [6.07, 6.45) is 3.87. The van der Waals surface area contributed by atoms with E-state index in [2.05, 4.69) is 27.6 Å². The number of hydrogen-bond donors (Lipinski definition) is 1. The number of carboxylic acids is 2. The Morgan fingerprint density at radius 3 is 2.44 bits per heavy atom. The van der Waals surface area contributed by atoms with Gasteiger partial charge < -0.3 is 25.1 Å². The molecular formula is C24H20N5NaO5S4. The first-order valence-electron chi connectivity index (χ1n) is 11.4. The summed E-state index contributed by atoms with van der Waals surface area (Å²) in [4.78, 5) is 36.9. The van der Waals surface area contributed by atoms with E-state index in [-0.39, 0.29) is 52.3 Å². The van der Waals surface area contributed by atoms with E-state index < -0.39 is 18.0 Å². The van der Waals surface area contributed by atoms with Crippen LogP contribution >= 0.6 is 46.6 Å². The Hall–Kier alpha value is -2.07. The van der Waals surface area contributed by atoms with Crippen LogP contribution in [0.3, 0.4) is 0 Å². The maximum Gasteiger partial charge on any atom is 1.00 e. The Bertz CT molecular complexity index is 1390. The number of aliphatic carboxylic acids is 2. The summed E-state index contributed by atoms with van der Waals surface area (Å²) in [5.74, 6) is -2.39. The number of rotatable bonds is 11. The van der Waals surface area contributed by atoms with Crippen molar-refractivity contribution in [2.24, 2.45) is 0 Å². The first-order chi connectivity index (χ1) is 18.4. The second-order valence-electron chi connectivity index (χ2n) is 8.30. The molecule has 2 atom stereocenters. The zero-order chi connectivity index (χ0) is 26.6. The number of carboxylic acid groups (broad SMARTS) is 2. The smallest absolute Gasteiger partial charge is 0.549 e. The van der Waals surface area contributed by atoms with Crippen LogP contribution in [0.1, 0.15) is 5.56 Å². The van der Waals surface area contributed by atoms with Crippen LogP contribution in [0.4, 0.5) is 5.69 Å². The van der Waals surface area contributed by atoms with Crippen LogP contribution in [0, 0.1) is 0 Å². The number of nitrogens with zero attached hydrogens (tertiary/aromatic N) is 4. The number of carbonyl (C=O) groups excluding carboxylic acids is 3. The van der Waals surface area contributed by atoms with Gasteiger partial charge in [-0.25, -0.2) is 4.57 Å². The Balaban J connectivity index is 0.00000353. The fraction of sp³-hybridized carbons (Fsp3) is 0.250. The Morgan fingerprint density at radius 2 is 1.77 bits per heavy atom. The molecule has 1 saturated heterocycles. The Morgan fingerprint density at radius 1 is 1.08 bits per heavy atom. The van der Waals surface area contributed by atoms with Crippen molar-refractivity contribution in [3.63, 3.8) is 0 Å². The number of anilines is 1. The number of thioether (sulfide) groups is 3. The quantitative estimate of drug-likeness (QED) is 0.104. The van der Waals surface area contributed by atoms with E-state index in [0.29, 0.717) is 25.8 Å². The number of aromatic nitrogens is 3. The van der Waals surface area contributed by atoms with Gasteiger partial charge in [0.05, 0.1) is 17.6 Å². The first-order valence-corrected chi connectivity index (χ1v) is 15.2. The van der Waals surface area contributed by atoms with E-state index in [9.17, 15) is 24.6 Å². The molecule has 0 bridgehead atoms. The number of pyridine rings is 1. The van der Waals surface area contributed by atoms with Crippen molar-refractivity contribution in [3.05, 3.63) is 71.7 Å². The summed E-state index contributed by atoms with van der Waals surface area (Å²) in [6.45, 7) is 0.729. The van der Waals surface area contributed by atoms with Crippen molar-refractivity contribution >= 4 is 70.2 Å². The molecule has 1 amide bonds. The molecule has 2 aromatic heterocycles. The number of hydrogen-bond acceptors (Lipinski definition) is 12. The zero-order valence-corrected chi connectivity index (χ0v) is 25.9. The van der Waals surface area contributed by atoms with E-state index in [4.69, 9.17) is 0 Å². The number of fused-ring (bicyclic) bond motifs is 1. The number of β-lactam (4-membered cyclic amide) rings is 1. The molecule has 0 unspecified atom stereocenters. The van der Waals surface area contributed by atoms with E-state index >= 15 is 0 Å². The molecule has 0 spiro atoms. The molecule has 1 N–H and O–H groups in total. The number of nitrogens with one attached hydrogen (secondary N) is 1. The summed E-state index contributed by atoms with van der Waals surface area (Å²) >= 11 is 5.02. The maximum absolute atomic E-state index is 13.0. The third-order valence-corrected chi connectivity index (χ3v) is 10.3. The molecule has 5 rings (SSSR count). The van der Waals surface area contributed by atoms with Gasteiger partial charge in [0.15, 0.2) is 27.6 Å². The predicted molar refractivity (Wildman–Crippen MR) is 141 cm³/mol. The molecule has 39 heavy (non-hydrogen) atoms.